The summed E-state index contributed by atoms with van der Waals surface area (Å²) >= 11 is 9.56. The molecule has 0 aromatic heterocycles. The van der Waals surface area contributed by atoms with Gasteiger partial charge in [0.25, 0.3) is 0 Å². The number of alkyl halides is 1. The van der Waals surface area contributed by atoms with Crippen LogP contribution in [0, 0.1) is 0 Å². The van der Waals surface area contributed by atoms with Crippen molar-refractivity contribution in [3.63, 3.8) is 0 Å². The maximum atomic E-state index is 11.0. The molecule has 0 aromatic carbocycles. The summed E-state index contributed by atoms with van der Waals surface area (Å²) in [6.07, 6.45) is 0. The highest BCUT2D eigenvalue weighted by molar-refractivity contribution is 7.81. The van der Waals surface area contributed by atoms with E-state index in [1.807, 2.05) is 0 Å². The lowest BCUT2D eigenvalue weighted by atomic mass is 10.2. The maximum Gasteiger partial charge on any atom is 0.325 e. The van der Waals surface area contributed by atoms with Crippen molar-refractivity contribution < 1.29 is 14.3 Å². The Morgan fingerprint density at radius 1 is 1.83 bits per heavy atom. The SMILES string of the molecule is COC(=O)CN1C(=O)[C@H](Cl)[C@H]1S. The van der Waals surface area contributed by atoms with E-state index in [0.29, 0.717) is 0 Å². The first-order chi connectivity index (χ1) is 5.57. The van der Waals surface area contributed by atoms with Crippen LogP contribution in [-0.4, -0.2) is 41.2 Å². The molecule has 0 aliphatic carbocycles. The minimum atomic E-state index is -0.613. The van der Waals surface area contributed by atoms with Crippen molar-refractivity contribution >= 4 is 36.1 Å². The Kier molecular flexibility index (Phi) is 2.85. The van der Waals surface area contributed by atoms with Gasteiger partial charge in [-0.3, -0.25) is 9.59 Å². The molecule has 12 heavy (non-hydrogen) atoms. The number of carbonyl (C=O) groups excluding carboxylic acids is 2. The molecular weight excluding hydrogens is 202 g/mol. The molecule has 1 aliphatic heterocycles. The third kappa shape index (κ3) is 1.51. The van der Waals surface area contributed by atoms with Crippen LogP contribution >= 0.6 is 24.2 Å². The Morgan fingerprint density at radius 3 is 2.83 bits per heavy atom. The Balaban J connectivity index is 2.45. The molecule has 4 nitrogen and oxygen atoms in total. The van der Waals surface area contributed by atoms with Gasteiger partial charge >= 0.3 is 5.97 Å². The minimum absolute atomic E-state index is 0.0767. The number of β-lactam (4-membered cyclic amide) rings is 1. The van der Waals surface area contributed by atoms with E-state index in [-0.39, 0.29) is 17.8 Å². The van der Waals surface area contributed by atoms with Crippen molar-refractivity contribution in [1.29, 1.82) is 0 Å². The second kappa shape index (κ2) is 3.53. The van der Waals surface area contributed by atoms with E-state index in [0.717, 1.165) is 0 Å². The molecule has 1 aliphatic rings. The van der Waals surface area contributed by atoms with Gasteiger partial charge in [-0.15, -0.1) is 11.6 Å². The Hall–Kier alpha value is -0.420. The zero-order chi connectivity index (χ0) is 9.30. The molecule has 1 amide bonds. The van der Waals surface area contributed by atoms with Crippen LogP contribution in [0.5, 0.6) is 0 Å². The van der Waals surface area contributed by atoms with E-state index in [1.165, 1.54) is 12.0 Å². The third-order valence-corrected chi connectivity index (χ3v) is 2.81. The molecular formula is C6H8ClNO3S. The van der Waals surface area contributed by atoms with Crippen LogP contribution in [0.1, 0.15) is 0 Å². The van der Waals surface area contributed by atoms with Crippen molar-refractivity contribution in [2.75, 3.05) is 13.7 Å². The molecule has 0 radical (unpaired) electrons. The van der Waals surface area contributed by atoms with Crippen LogP contribution in [-0.2, 0) is 14.3 Å². The average molecular weight is 210 g/mol. The zero-order valence-electron chi connectivity index (χ0n) is 6.36. The average Bonchev–Trinajstić information content (AvgIpc) is 2.11. The van der Waals surface area contributed by atoms with Gasteiger partial charge in [0, 0.05) is 0 Å². The number of nitrogens with zero attached hydrogens (tertiary/aromatic N) is 1. The Morgan fingerprint density at radius 2 is 2.42 bits per heavy atom. The van der Waals surface area contributed by atoms with Gasteiger partial charge in [-0.25, -0.2) is 0 Å². The van der Waals surface area contributed by atoms with Crippen LogP contribution in [0.2, 0.25) is 0 Å². The summed E-state index contributed by atoms with van der Waals surface area (Å²) in [4.78, 5) is 22.9. The lowest BCUT2D eigenvalue weighted by molar-refractivity contribution is -0.152. The number of likely N-dealkylation sites (tertiary alicyclic amines) is 1. The van der Waals surface area contributed by atoms with Crippen LogP contribution < -0.4 is 0 Å². The lowest BCUT2D eigenvalue weighted by Crippen LogP contribution is -2.60. The number of amides is 1. The fraction of sp³-hybridized carbons (Fsp3) is 0.667. The summed E-state index contributed by atoms with van der Waals surface area (Å²) in [5.41, 5.74) is 0. The van der Waals surface area contributed by atoms with Gasteiger partial charge in [-0.05, 0) is 0 Å². The van der Waals surface area contributed by atoms with E-state index < -0.39 is 11.3 Å². The molecule has 0 spiro atoms. The molecule has 1 rings (SSSR count). The zero-order valence-corrected chi connectivity index (χ0v) is 8.01. The summed E-state index contributed by atoms with van der Waals surface area (Å²) in [5, 5.41) is -0.990. The van der Waals surface area contributed by atoms with Gasteiger partial charge < -0.3 is 9.64 Å². The fourth-order valence-corrected chi connectivity index (χ4v) is 1.45. The van der Waals surface area contributed by atoms with E-state index in [9.17, 15) is 9.59 Å². The smallest absolute Gasteiger partial charge is 0.325 e. The molecule has 0 N–H and O–H groups in total. The summed E-state index contributed by atoms with van der Waals surface area (Å²) in [7, 11) is 1.26. The fourth-order valence-electron chi connectivity index (χ4n) is 0.867. The molecule has 1 heterocycles. The summed E-state index contributed by atoms with van der Waals surface area (Å²) in [6.45, 7) is -0.0767. The number of ether oxygens (including phenoxy) is 1. The topological polar surface area (TPSA) is 46.6 Å². The van der Waals surface area contributed by atoms with E-state index >= 15 is 0 Å². The van der Waals surface area contributed by atoms with E-state index in [4.69, 9.17) is 11.6 Å². The molecule has 0 aromatic rings. The standard InChI is InChI=1S/C6H8ClNO3S/c1-11-3(9)2-8-5(10)4(7)6(8)12/h4,6,12H,2H2,1H3/t4-,6+/m0/s1. The van der Waals surface area contributed by atoms with Crippen LogP contribution in [0.4, 0.5) is 0 Å². The normalized spacial score (nSPS) is 28.2. The second-order valence-corrected chi connectivity index (χ2v) is 3.36. The highest BCUT2D eigenvalue weighted by Gasteiger charge is 2.44. The van der Waals surface area contributed by atoms with Crippen molar-refractivity contribution in [2.24, 2.45) is 0 Å². The Bertz CT molecular complexity index is 223. The number of halogens is 1. The predicted molar refractivity (Wildman–Crippen MR) is 46.1 cm³/mol. The van der Waals surface area contributed by atoms with Crippen LogP contribution in [0.3, 0.4) is 0 Å². The summed E-state index contributed by atoms with van der Waals surface area (Å²) < 4.78 is 4.38. The number of esters is 1. The van der Waals surface area contributed by atoms with Gasteiger partial charge in [0.15, 0.2) is 0 Å². The third-order valence-electron chi connectivity index (χ3n) is 1.63. The predicted octanol–water partition coefficient (Wildman–Crippen LogP) is -0.135. The number of hydrogen-bond acceptors (Lipinski definition) is 4. The largest absolute Gasteiger partial charge is 0.468 e. The van der Waals surface area contributed by atoms with Gasteiger partial charge in [-0.1, -0.05) is 0 Å². The first kappa shape index (κ1) is 9.67. The molecule has 1 fully saturated rings. The molecule has 0 unspecified atom stereocenters. The van der Waals surface area contributed by atoms with Crippen molar-refractivity contribution in [3.8, 4) is 0 Å². The number of hydrogen-bond donors (Lipinski definition) is 1. The minimum Gasteiger partial charge on any atom is -0.468 e. The first-order valence-corrected chi connectivity index (χ1v) is 4.22. The highest BCUT2D eigenvalue weighted by Crippen LogP contribution is 2.27. The van der Waals surface area contributed by atoms with Gasteiger partial charge in [0.05, 0.1) is 7.11 Å². The van der Waals surface area contributed by atoms with E-state index in [2.05, 4.69) is 17.4 Å². The molecule has 68 valence electrons. The van der Waals surface area contributed by atoms with E-state index in [1.54, 1.807) is 0 Å². The molecule has 1 saturated heterocycles. The second-order valence-electron chi connectivity index (χ2n) is 2.36. The molecule has 6 heteroatoms. The number of carbonyl (C=O) groups is 2. The molecule has 2 atom stereocenters. The lowest BCUT2D eigenvalue weighted by Gasteiger charge is -2.40. The van der Waals surface area contributed by atoms with Crippen molar-refractivity contribution in [2.45, 2.75) is 10.8 Å². The highest BCUT2D eigenvalue weighted by atomic mass is 35.5. The quantitative estimate of drug-likeness (QED) is 0.298. The number of methoxy groups -OCH3 is 1. The molecule has 0 saturated carbocycles. The Labute approximate surface area is 80.2 Å². The van der Waals surface area contributed by atoms with Gasteiger partial charge in [0.1, 0.15) is 17.3 Å². The number of thiol groups is 1. The number of rotatable bonds is 2. The maximum absolute atomic E-state index is 11.0. The monoisotopic (exact) mass is 209 g/mol. The van der Waals surface area contributed by atoms with Gasteiger partial charge in [0.2, 0.25) is 5.91 Å². The summed E-state index contributed by atoms with van der Waals surface area (Å²) in [5.74, 6) is -0.743. The van der Waals surface area contributed by atoms with Crippen LogP contribution in [0.15, 0.2) is 0 Å². The van der Waals surface area contributed by atoms with Crippen molar-refractivity contribution in [1.82, 2.24) is 4.90 Å². The summed E-state index contributed by atoms with van der Waals surface area (Å²) in [6, 6.07) is 0. The van der Waals surface area contributed by atoms with Gasteiger partial charge in [-0.2, -0.15) is 12.6 Å². The van der Waals surface area contributed by atoms with Crippen molar-refractivity contribution in [3.05, 3.63) is 0 Å². The first-order valence-electron chi connectivity index (χ1n) is 3.27. The molecule has 0 bridgehead atoms. The van der Waals surface area contributed by atoms with Crippen LogP contribution in [0.25, 0.3) is 0 Å².